The number of carbonyl (C=O) groups excluding carboxylic acids is 2. The van der Waals surface area contributed by atoms with Gasteiger partial charge in [-0.25, -0.2) is 4.79 Å². The summed E-state index contributed by atoms with van der Waals surface area (Å²) in [6.07, 6.45) is 2.84. The third kappa shape index (κ3) is 5.21. The molecule has 32 heavy (non-hydrogen) atoms. The van der Waals surface area contributed by atoms with E-state index in [0.29, 0.717) is 34.7 Å². The highest BCUT2D eigenvalue weighted by Crippen LogP contribution is 2.46. The Hall–Kier alpha value is -2.65. The molecule has 0 saturated heterocycles. The van der Waals surface area contributed by atoms with Crippen LogP contribution in [0.5, 0.6) is 0 Å². The minimum Gasteiger partial charge on any atom is -0.462 e. The topological polar surface area (TPSA) is 86.1 Å². The normalized spacial score (nSPS) is 13.2. The largest absolute Gasteiger partial charge is 0.462 e. The number of hydrogen-bond acceptors (Lipinski definition) is 7. The molecule has 0 atom stereocenters. The minimum atomic E-state index is -0.366. The average molecular weight is 471 g/mol. The van der Waals surface area contributed by atoms with Crippen molar-refractivity contribution < 1.29 is 14.3 Å². The van der Waals surface area contributed by atoms with Crippen LogP contribution in [-0.2, 0) is 22.5 Å². The van der Waals surface area contributed by atoms with Gasteiger partial charge < -0.3 is 14.6 Å². The van der Waals surface area contributed by atoms with Crippen LogP contribution in [0, 0.1) is 0 Å². The van der Waals surface area contributed by atoms with Gasteiger partial charge >= 0.3 is 5.97 Å². The lowest BCUT2D eigenvalue weighted by Crippen LogP contribution is -2.17. The van der Waals surface area contributed by atoms with Crippen molar-refractivity contribution >= 4 is 40.0 Å². The number of anilines is 1. The molecule has 1 amide bonds. The quantitative estimate of drug-likeness (QED) is 0.340. The molecule has 2 aromatic heterocycles. The van der Waals surface area contributed by atoms with Crippen molar-refractivity contribution in [2.75, 3.05) is 17.7 Å². The summed E-state index contributed by atoms with van der Waals surface area (Å²) in [4.78, 5) is 25.2. The Labute approximate surface area is 195 Å². The third-order valence-electron chi connectivity index (χ3n) is 5.22. The zero-order valence-electron chi connectivity index (χ0n) is 18.2. The predicted octanol–water partition coefficient (Wildman–Crippen LogP) is 4.74. The van der Waals surface area contributed by atoms with Gasteiger partial charge in [0.1, 0.15) is 10.8 Å². The van der Waals surface area contributed by atoms with Gasteiger partial charge in [-0.15, -0.1) is 21.5 Å². The fourth-order valence-electron chi connectivity index (χ4n) is 3.52. The fourth-order valence-corrected chi connectivity index (χ4v) is 5.39. The molecule has 2 heterocycles. The Bertz CT molecular complexity index is 1090. The molecular weight excluding hydrogens is 444 g/mol. The molecule has 1 N–H and O–H groups in total. The summed E-state index contributed by atoms with van der Waals surface area (Å²) in [6.45, 7) is 4.85. The van der Waals surface area contributed by atoms with Crippen molar-refractivity contribution in [2.45, 2.75) is 50.7 Å². The molecule has 0 aliphatic heterocycles. The van der Waals surface area contributed by atoms with Gasteiger partial charge in [-0.1, -0.05) is 42.1 Å². The first-order valence-electron chi connectivity index (χ1n) is 10.8. The van der Waals surface area contributed by atoms with E-state index in [4.69, 9.17) is 4.74 Å². The summed E-state index contributed by atoms with van der Waals surface area (Å²) in [5, 5.41) is 14.8. The van der Waals surface area contributed by atoms with E-state index in [0.717, 1.165) is 30.8 Å². The van der Waals surface area contributed by atoms with Gasteiger partial charge in [0.15, 0.2) is 5.16 Å². The molecular formula is C23H26N4O3S2. The van der Waals surface area contributed by atoms with E-state index < -0.39 is 0 Å². The molecule has 7 nitrogen and oxygen atoms in total. The molecule has 0 radical (unpaired) electrons. The number of hydrogen-bond donors (Lipinski definition) is 1. The maximum Gasteiger partial charge on any atom is 0.341 e. The van der Waals surface area contributed by atoms with E-state index in [-0.39, 0.29) is 17.6 Å². The number of benzene rings is 1. The van der Waals surface area contributed by atoms with Crippen LogP contribution in [0.3, 0.4) is 0 Å². The summed E-state index contributed by atoms with van der Waals surface area (Å²) in [6, 6.07) is 10.1. The lowest BCUT2D eigenvalue weighted by Gasteiger charge is -2.09. The van der Waals surface area contributed by atoms with Crippen LogP contribution in [-0.4, -0.2) is 39.0 Å². The summed E-state index contributed by atoms with van der Waals surface area (Å²) >= 11 is 2.73. The second-order valence-electron chi connectivity index (χ2n) is 7.53. The number of carbonyl (C=O) groups is 2. The number of nitrogens with one attached hydrogen (secondary N) is 1. The van der Waals surface area contributed by atoms with Crippen molar-refractivity contribution in [2.24, 2.45) is 0 Å². The van der Waals surface area contributed by atoms with Gasteiger partial charge in [0.25, 0.3) is 0 Å². The van der Waals surface area contributed by atoms with Crippen molar-refractivity contribution in [1.82, 2.24) is 14.8 Å². The van der Waals surface area contributed by atoms with Crippen LogP contribution in [0.2, 0.25) is 0 Å². The number of nitrogens with zero attached hydrogens (tertiary/aromatic N) is 3. The average Bonchev–Trinajstić information content (AvgIpc) is 3.44. The second kappa shape index (κ2) is 10.3. The minimum absolute atomic E-state index is 0.181. The maximum atomic E-state index is 12.7. The summed E-state index contributed by atoms with van der Waals surface area (Å²) < 4.78 is 7.26. The lowest BCUT2D eigenvalue weighted by molar-refractivity contribution is -0.113. The molecule has 1 saturated carbocycles. The van der Waals surface area contributed by atoms with Gasteiger partial charge in [0.05, 0.1) is 17.9 Å². The first-order valence-corrected chi connectivity index (χ1v) is 12.6. The number of esters is 1. The molecule has 9 heteroatoms. The van der Waals surface area contributed by atoms with Gasteiger partial charge in [0.2, 0.25) is 5.91 Å². The highest BCUT2D eigenvalue weighted by Gasteiger charge is 2.32. The monoisotopic (exact) mass is 470 g/mol. The standard InChI is InChI=1S/C23H26N4O3S2/c1-3-27-18(12-15-8-6-5-7-9-15)25-26-23(27)32-14-19(28)24-21-20(22(29)30-4-2)17(13-31-21)16-10-11-16/h5-9,13,16H,3-4,10-12,14H2,1-2H3,(H,24,28). The van der Waals surface area contributed by atoms with Crippen molar-refractivity contribution in [1.29, 1.82) is 0 Å². The van der Waals surface area contributed by atoms with E-state index >= 15 is 0 Å². The molecule has 0 unspecified atom stereocenters. The van der Waals surface area contributed by atoms with Crippen LogP contribution in [0.15, 0.2) is 40.9 Å². The van der Waals surface area contributed by atoms with Gasteiger partial charge in [-0.05, 0) is 49.1 Å². The Balaban J connectivity index is 1.41. The zero-order valence-corrected chi connectivity index (χ0v) is 19.8. The predicted molar refractivity (Wildman–Crippen MR) is 127 cm³/mol. The van der Waals surface area contributed by atoms with E-state index in [1.54, 1.807) is 6.92 Å². The van der Waals surface area contributed by atoms with Gasteiger partial charge in [-0.3, -0.25) is 4.79 Å². The van der Waals surface area contributed by atoms with Crippen LogP contribution >= 0.6 is 23.1 Å². The molecule has 4 rings (SSSR count). The van der Waals surface area contributed by atoms with Crippen molar-refractivity contribution in [3.8, 4) is 0 Å². The molecule has 0 bridgehead atoms. The Morgan fingerprint density at radius 1 is 1.22 bits per heavy atom. The fraction of sp³-hybridized carbons (Fsp3) is 0.391. The van der Waals surface area contributed by atoms with Crippen LogP contribution < -0.4 is 5.32 Å². The van der Waals surface area contributed by atoms with Gasteiger partial charge in [-0.2, -0.15) is 0 Å². The number of thioether (sulfide) groups is 1. The highest BCUT2D eigenvalue weighted by atomic mass is 32.2. The van der Waals surface area contributed by atoms with Crippen LogP contribution in [0.4, 0.5) is 5.00 Å². The number of rotatable bonds is 10. The number of amides is 1. The van der Waals surface area contributed by atoms with Crippen LogP contribution in [0.1, 0.15) is 59.9 Å². The molecule has 3 aromatic rings. The first kappa shape index (κ1) is 22.5. The summed E-state index contributed by atoms with van der Waals surface area (Å²) in [5.74, 6) is 0.910. The molecule has 1 aliphatic carbocycles. The van der Waals surface area contributed by atoms with Crippen molar-refractivity contribution in [3.63, 3.8) is 0 Å². The SMILES string of the molecule is CCOC(=O)c1c(C2CC2)csc1NC(=O)CSc1nnc(Cc2ccccc2)n1CC. The molecule has 1 fully saturated rings. The molecule has 1 aliphatic rings. The van der Waals surface area contributed by atoms with E-state index in [9.17, 15) is 9.59 Å². The number of thiophene rings is 1. The molecule has 168 valence electrons. The van der Waals surface area contributed by atoms with Crippen molar-refractivity contribution in [3.05, 3.63) is 58.2 Å². The van der Waals surface area contributed by atoms with E-state index in [2.05, 4.69) is 27.6 Å². The third-order valence-corrected chi connectivity index (χ3v) is 7.10. The number of ether oxygens (including phenoxy) is 1. The second-order valence-corrected chi connectivity index (χ2v) is 9.35. The summed E-state index contributed by atoms with van der Waals surface area (Å²) in [5.41, 5.74) is 2.67. The highest BCUT2D eigenvalue weighted by molar-refractivity contribution is 7.99. The van der Waals surface area contributed by atoms with Gasteiger partial charge in [0, 0.05) is 13.0 Å². The Morgan fingerprint density at radius 2 is 2.00 bits per heavy atom. The molecule has 0 spiro atoms. The summed E-state index contributed by atoms with van der Waals surface area (Å²) in [7, 11) is 0. The Morgan fingerprint density at radius 3 is 2.69 bits per heavy atom. The van der Waals surface area contributed by atoms with E-state index in [1.165, 1.54) is 28.7 Å². The smallest absolute Gasteiger partial charge is 0.341 e. The Kier molecular flexibility index (Phi) is 7.26. The molecule has 1 aromatic carbocycles. The lowest BCUT2D eigenvalue weighted by atomic mass is 10.1. The van der Waals surface area contributed by atoms with Crippen LogP contribution in [0.25, 0.3) is 0 Å². The first-order chi connectivity index (χ1) is 15.6. The number of aromatic nitrogens is 3. The zero-order chi connectivity index (χ0) is 22.5. The van der Waals surface area contributed by atoms with E-state index in [1.807, 2.05) is 35.1 Å². The maximum absolute atomic E-state index is 12.7.